The Hall–Kier alpha value is -2.88. The van der Waals surface area contributed by atoms with Crippen molar-refractivity contribution in [2.45, 2.75) is 47.0 Å². The fourth-order valence-corrected chi connectivity index (χ4v) is 4.86. The van der Waals surface area contributed by atoms with Crippen LogP contribution in [0.1, 0.15) is 51.4 Å². The molecular formula is C28H32N7NaO3S. The summed E-state index contributed by atoms with van der Waals surface area (Å²) in [6.07, 6.45) is 1.13. The number of nitriles is 1. The normalized spacial score (nSPS) is 13.9. The third-order valence-corrected chi connectivity index (χ3v) is 7.10. The van der Waals surface area contributed by atoms with E-state index in [0.29, 0.717) is 43.3 Å². The van der Waals surface area contributed by atoms with Crippen molar-refractivity contribution in [2.75, 3.05) is 23.7 Å². The summed E-state index contributed by atoms with van der Waals surface area (Å²) in [7, 11) is -4.23. The maximum atomic E-state index is 10.9. The summed E-state index contributed by atoms with van der Waals surface area (Å²) in [4.78, 5) is 13.4. The molecule has 2 aromatic carbocycles. The van der Waals surface area contributed by atoms with Crippen LogP contribution >= 0.6 is 0 Å². The Morgan fingerprint density at radius 1 is 1.10 bits per heavy atom. The molecule has 0 atom stereocenters. The van der Waals surface area contributed by atoms with Crippen LogP contribution in [-0.2, 0) is 10.1 Å². The molecule has 2 heterocycles. The van der Waals surface area contributed by atoms with Crippen LogP contribution in [0.25, 0.3) is 11.4 Å². The molecule has 0 unspecified atom stereocenters. The van der Waals surface area contributed by atoms with Gasteiger partial charge in [-0.15, -0.1) is 9.89 Å². The molecule has 1 aliphatic rings. The number of unbranched alkanes of at least 4 members (excludes halogenated alkanes) is 1. The van der Waals surface area contributed by atoms with Gasteiger partial charge in [0.05, 0.1) is 34.0 Å². The molecule has 12 heteroatoms. The van der Waals surface area contributed by atoms with E-state index in [2.05, 4.69) is 31.9 Å². The Kier molecular flexibility index (Phi) is 10.4. The maximum Gasteiger partial charge on any atom is 1.00 e. The van der Waals surface area contributed by atoms with Crippen molar-refractivity contribution in [3.8, 4) is 17.5 Å². The molecule has 0 amide bonds. The van der Waals surface area contributed by atoms with Gasteiger partial charge in [-0.2, -0.15) is 10.4 Å². The Bertz CT molecular complexity index is 1550. The second kappa shape index (κ2) is 13.2. The van der Waals surface area contributed by atoms with Crippen LogP contribution < -0.4 is 34.5 Å². The van der Waals surface area contributed by atoms with Crippen LogP contribution in [0.4, 0.5) is 11.4 Å². The van der Waals surface area contributed by atoms with Gasteiger partial charge >= 0.3 is 29.6 Å². The molecule has 0 saturated carbocycles. The zero-order chi connectivity index (χ0) is 28.2. The summed E-state index contributed by atoms with van der Waals surface area (Å²) in [5.74, 6) is 0.786. The zero-order valence-electron chi connectivity index (χ0n) is 23.6. The van der Waals surface area contributed by atoms with Crippen molar-refractivity contribution < 1.29 is 42.5 Å². The molecule has 1 aromatic heterocycles. The summed E-state index contributed by atoms with van der Waals surface area (Å²) in [6.45, 7) is 9.24. The van der Waals surface area contributed by atoms with Gasteiger partial charge in [-0.1, -0.05) is 51.1 Å². The molecule has 4 rings (SSSR count). The first-order chi connectivity index (χ1) is 18.5. The molecule has 0 bridgehead atoms. The van der Waals surface area contributed by atoms with Crippen molar-refractivity contribution in [3.63, 3.8) is 0 Å². The van der Waals surface area contributed by atoms with Gasteiger partial charge < -0.3 is 9.45 Å². The molecule has 0 spiro atoms. The van der Waals surface area contributed by atoms with Crippen LogP contribution in [0.5, 0.6) is 0 Å². The zero-order valence-corrected chi connectivity index (χ0v) is 26.4. The molecule has 0 fully saturated rings. The number of hydrogen-bond donors (Lipinski definition) is 0. The molecule has 204 valence electrons. The standard InChI is InChI=1S/C28H33N7O3S.Na/c1-20-19-22(34(17-10-15-29)16-8-9-18-39(36,37)38)13-14-23(20)30-24-25(28(2,3)4)32-35-27(24)31-26(33-35)21-11-6-5-7-12-21;/h5-7,11-14,19H,8-10,16-18H2,1-4H3,(H,36,37,38);/q;+1/p-1. The predicted molar refractivity (Wildman–Crippen MR) is 151 cm³/mol. The summed E-state index contributed by atoms with van der Waals surface area (Å²) < 4.78 is 32.8. The second-order valence-electron chi connectivity index (χ2n) is 10.5. The Labute approximate surface area is 257 Å². The van der Waals surface area contributed by atoms with Crippen molar-refractivity contribution in [2.24, 2.45) is 15.5 Å². The SMILES string of the molecule is Cc1cc(N(CCC#N)CCCCS(=O)(=O)[O-])ccc1N=C1C(C(C)(C)C)=Nn2nc(-c3ccccc3)nc21.[Na+]. The Morgan fingerprint density at radius 2 is 1.82 bits per heavy atom. The number of benzene rings is 2. The third kappa shape index (κ3) is 7.86. The Balaban J connectivity index is 0.00000441. The molecule has 10 nitrogen and oxygen atoms in total. The van der Waals surface area contributed by atoms with Crippen molar-refractivity contribution in [3.05, 3.63) is 59.9 Å². The van der Waals surface area contributed by atoms with Crippen LogP contribution in [0.15, 0.2) is 58.6 Å². The minimum Gasteiger partial charge on any atom is -0.748 e. The molecule has 0 N–H and O–H groups in total. The first-order valence-electron chi connectivity index (χ1n) is 12.8. The minimum absolute atomic E-state index is 0. The van der Waals surface area contributed by atoms with E-state index in [0.717, 1.165) is 28.2 Å². The number of anilines is 1. The van der Waals surface area contributed by atoms with Crippen molar-refractivity contribution in [1.29, 1.82) is 5.26 Å². The third-order valence-electron chi connectivity index (χ3n) is 6.31. The van der Waals surface area contributed by atoms with Gasteiger partial charge in [0.2, 0.25) is 5.82 Å². The van der Waals surface area contributed by atoms with Gasteiger partial charge in [0.15, 0.2) is 5.82 Å². The van der Waals surface area contributed by atoms with Gasteiger partial charge in [0.25, 0.3) is 0 Å². The molecule has 0 saturated heterocycles. The fraction of sp³-hybridized carbons (Fsp3) is 0.393. The van der Waals surface area contributed by atoms with E-state index in [4.69, 9.17) is 20.3 Å². The number of aliphatic imine (C=N–C) groups is 1. The monoisotopic (exact) mass is 569 g/mol. The van der Waals surface area contributed by atoms with E-state index in [-0.39, 0.29) is 47.1 Å². The number of aromatic nitrogens is 3. The van der Waals surface area contributed by atoms with Gasteiger partial charge in [0, 0.05) is 35.5 Å². The maximum absolute atomic E-state index is 10.9. The molecule has 0 aliphatic carbocycles. The van der Waals surface area contributed by atoms with Gasteiger partial charge in [-0.3, -0.25) is 0 Å². The Morgan fingerprint density at radius 3 is 2.45 bits per heavy atom. The van der Waals surface area contributed by atoms with Gasteiger partial charge in [-0.05, 0) is 43.5 Å². The topological polar surface area (TPSA) is 140 Å². The summed E-state index contributed by atoms with van der Waals surface area (Å²) in [5, 5.41) is 18.4. The number of hydrogen-bond acceptors (Lipinski definition) is 9. The fourth-order valence-electron chi connectivity index (χ4n) is 4.31. The van der Waals surface area contributed by atoms with Crippen molar-refractivity contribution >= 4 is 32.9 Å². The summed E-state index contributed by atoms with van der Waals surface area (Å²) in [5.41, 5.74) is 4.69. The average molecular weight is 570 g/mol. The quantitative estimate of drug-likeness (QED) is 0.206. The molecule has 0 radical (unpaired) electrons. The number of nitrogens with zero attached hydrogens (tertiary/aromatic N) is 7. The van der Waals surface area contributed by atoms with Crippen LogP contribution in [-0.4, -0.2) is 58.1 Å². The van der Waals surface area contributed by atoms with Gasteiger partial charge in [0.1, 0.15) is 5.71 Å². The van der Waals surface area contributed by atoms with Crippen LogP contribution in [0.2, 0.25) is 0 Å². The van der Waals surface area contributed by atoms with E-state index in [9.17, 15) is 13.0 Å². The minimum atomic E-state index is -4.23. The first kappa shape index (κ1) is 31.6. The smallest absolute Gasteiger partial charge is 0.748 e. The average Bonchev–Trinajstić information content (AvgIpc) is 3.44. The molecular weight excluding hydrogens is 537 g/mol. The summed E-state index contributed by atoms with van der Waals surface area (Å²) >= 11 is 0. The van der Waals surface area contributed by atoms with E-state index < -0.39 is 10.1 Å². The van der Waals surface area contributed by atoms with Crippen LogP contribution in [0.3, 0.4) is 0 Å². The molecule has 1 aliphatic heterocycles. The van der Waals surface area contributed by atoms with E-state index >= 15 is 0 Å². The van der Waals surface area contributed by atoms with Crippen LogP contribution in [0, 0.1) is 23.7 Å². The van der Waals surface area contributed by atoms with E-state index in [1.807, 2.05) is 60.4 Å². The molecule has 40 heavy (non-hydrogen) atoms. The van der Waals surface area contributed by atoms with E-state index in [1.54, 1.807) is 4.79 Å². The van der Waals surface area contributed by atoms with E-state index in [1.165, 1.54) is 0 Å². The number of aryl methyl sites for hydroxylation is 1. The summed E-state index contributed by atoms with van der Waals surface area (Å²) in [6, 6.07) is 17.8. The molecule has 3 aromatic rings. The number of rotatable bonds is 10. The largest absolute Gasteiger partial charge is 1.00 e. The van der Waals surface area contributed by atoms with Gasteiger partial charge in [-0.25, -0.2) is 18.4 Å². The second-order valence-corrected chi connectivity index (χ2v) is 12.0. The predicted octanol–water partition coefficient (Wildman–Crippen LogP) is 1.69. The van der Waals surface area contributed by atoms with Crippen molar-refractivity contribution in [1.82, 2.24) is 14.9 Å². The first-order valence-corrected chi connectivity index (χ1v) is 14.4. The number of fused-ring (bicyclic) bond motifs is 1.